The van der Waals surface area contributed by atoms with Crippen LogP contribution in [0.4, 0.5) is 0 Å². The zero-order valence-corrected chi connectivity index (χ0v) is 10.1. The molecule has 0 aliphatic carbocycles. The average molecular weight is 273 g/mol. The van der Waals surface area contributed by atoms with Crippen molar-refractivity contribution in [3.8, 4) is 0 Å². The summed E-state index contributed by atoms with van der Waals surface area (Å²) in [5.41, 5.74) is 2.36. The van der Waals surface area contributed by atoms with Crippen molar-refractivity contribution >= 4 is 27.4 Å². The molecule has 0 radical (unpaired) electrons. The fourth-order valence-electron chi connectivity index (χ4n) is 1.51. The molecule has 0 atom stereocenters. The van der Waals surface area contributed by atoms with Crippen LogP contribution in [0.5, 0.6) is 0 Å². The van der Waals surface area contributed by atoms with E-state index >= 15 is 0 Å². The highest BCUT2D eigenvalue weighted by molar-refractivity contribution is 9.10. The number of benzene rings is 2. The second kappa shape index (κ2) is 4.93. The van der Waals surface area contributed by atoms with E-state index in [0.29, 0.717) is 5.57 Å². The molecule has 2 aromatic carbocycles. The summed E-state index contributed by atoms with van der Waals surface area (Å²) in [6, 6.07) is 17.2. The molecule has 2 aromatic rings. The second-order valence-electron chi connectivity index (χ2n) is 3.35. The van der Waals surface area contributed by atoms with Crippen LogP contribution in [0.25, 0.3) is 5.57 Å². The SMILES string of the molecule is O=C=C(c1ccccc1)c1ccc(Br)cc1. The van der Waals surface area contributed by atoms with Crippen molar-refractivity contribution in [3.05, 3.63) is 70.2 Å². The third-order valence-corrected chi connectivity index (χ3v) is 2.83. The number of halogens is 1. The molecule has 2 rings (SSSR count). The molecule has 0 aromatic heterocycles. The predicted molar refractivity (Wildman–Crippen MR) is 68.8 cm³/mol. The Labute approximate surface area is 103 Å². The van der Waals surface area contributed by atoms with Crippen molar-refractivity contribution in [2.45, 2.75) is 0 Å². The summed E-state index contributed by atoms with van der Waals surface area (Å²) in [5.74, 6) is 2.01. The summed E-state index contributed by atoms with van der Waals surface area (Å²) in [7, 11) is 0. The first kappa shape index (κ1) is 10.9. The van der Waals surface area contributed by atoms with E-state index in [2.05, 4.69) is 15.9 Å². The molecule has 78 valence electrons. The topological polar surface area (TPSA) is 17.1 Å². The van der Waals surface area contributed by atoms with E-state index in [9.17, 15) is 4.79 Å². The molecule has 0 amide bonds. The highest BCUT2D eigenvalue weighted by Gasteiger charge is 2.04. The molecule has 0 fully saturated rings. The van der Waals surface area contributed by atoms with E-state index in [1.54, 1.807) is 0 Å². The largest absolute Gasteiger partial charge is 0.233 e. The van der Waals surface area contributed by atoms with Crippen LogP contribution in [0.15, 0.2) is 59.1 Å². The summed E-state index contributed by atoms with van der Waals surface area (Å²) < 4.78 is 0.995. The van der Waals surface area contributed by atoms with Gasteiger partial charge >= 0.3 is 0 Å². The van der Waals surface area contributed by atoms with Crippen LogP contribution in [0.2, 0.25) is 0 Å². The van der Waals surface area contributed by atoms with E-state index in [1.165, 1.54) is 0 Å². The predicted octanol–water partition coefficient (Wildman–Crippen LogP) is 3.71. The summed E-state index contributed by atoms with van der Waals surface area (Å²) in [4.78, 5) is 11.0. The van der Waals surface area contributed by atoms with Crippen molar-refractivity contribution in [2.24, 2.45) is 0 Å². The highest BCUT2D eigenvalue weighted by atomic mass is 79.9. The summed E-state index contributed by atoms with van der Waals surface area (Å²) in [5, 5.41) is 0. The molecule has 1 nitrogen and oxygen atoms in total. The first-order valence-electron chi connectivity index (χ1n) is 4.88. The van der Waals surface area contributed by atoms with E-state index < -0.39 is 0 Å². The molecule has 0 saturated carbocycles. The van der Waals surface area contributed by atoms with Gasteiger partial charge in [-0.25, -0.2) is 4.79 Å². The minimum Gasteiger partial charge on any atom is -0.233 e. The van der Waals surface area contributed by atoms with Gasteiger partial charge in [0, 0.05) is 4.47 Å². The fourth-order valence-corrected chi connectivity index (χ4v) is 1.77. The molecular weight excluding hydrogens is 264 g/mol. The van der Waals surface area contributed by atoms with Gasteiger partial charge in [-0.05, 0) is 23.3 Å². The summed E-state index contributed by atoms with van der Waals surface area (Å²) in [6.45, 7) is 0. The van der Waals surface area contributed by atoms with Crippen LogP contribution >= 0.6 is 15.9 Å². The van der Waals surface area contributed by atoms with Crippen LogP contribution in [0.3, 0.4) is 0 Å². The average Bonchev–Trinajstić information content (AvgIpc) is 2.34. The highest BCUT2D eigenvalue weighted by Crippen LogP contribution is 2.22. The number of rotatable bonds is 2. The Balaban J connectivity index is 2.46. The molecule has 2 heteroatoms. The molecule has 0 aliphatic heterocycles. The third kappa shape index (κ3) is 2.30. The lowest BCUT2D eigenvalue weighted by Crippen LogP contribution is -1.87. The molecule has 0 unspecified atom stereocenters. The minimum absolute atomic E-state index is 0.591. The van der Waals surface area contributed by atoms with Crippen LogP contribution in [-0.2, 0) is 4.79 Å². The molecule has 0 N–H and O–H groups in total. The minimum atomic E-state index is 0.591. The smallest absolute Gasteiger partial charge is 0.133 e. The summed E-state index contributed by atoms with van der Waals surface area (Å²) in [6.07, 6.45) is 0. The van der Waals surface area contributed by atoms with Gasteiger partial charge < -0.3 is 0 Å². The zero-order chi connectivity index (χ0) is 11.4. The van der Waals surface area contributed by atoms with Crippen molar-refractivity contribution in [2.75, 3.05) is 0 Å². The molecule has 0 bridgehead atoms. The van der Waals surface area contributed by atoms with Crippen molar-refractivity contribution < 1.29 is 4.79 Å². The fraction of sp³-hybridized carbons (Fsp3) is 0. The lowest BCUT2D eigenvalue weighted by molar-refractivity contribution is 0.569. The Bertz CT molecular complexity index is 522. The maximum absolute atomic E-state index is 11.0. The van der Waals surface area contributed by atoms with Gasteiger partial charge in [0.25, 0.3) is 0 Å². The van der Waals surface area contributed by atoms with Crippen LogP contribution in [0, 0.1) is 0 Å². The Morgan fingerprint density at radius 1 is 0.875 bits per heavy atom. The van der Waals surface area contributed by atoms with E-state index in [0.717, 1.165) is 15.6 Å². The van der Waals surface area contributed by atoms with Gasteiger partial charge in [0.1, 0.15) is 5.94 Å². The maximum atomic E-state index is 11.0. The van der Waals surface area contributed by atoms with Gasteiger partial charge in [-0.3, -0.25) is 0 Å². The molecule has 0 spiro atoms. The monoisotopic (exact) mass is 272 g/mol. The number of hydrogen-bond acceptors (Lipinski definition) is 1. The van der Waals surface area contributed by atoms with Crippen molar-refractivity contribution in [1.82, 2.24) is 0 Å². The van der Waals surface area contributed by atoms with Crippen molar-refractivity contribution in [1.29, 1.82) is 0 Å². The Hall–Kier alpha value is -1.63. The van der Waals surface area contributed by atoms with Gasteiger partial charge in [0.2, 0.25) is 0 Å². The van der Waals surface area contributed by atoms with Crippen molar-refractivity contribution in [3.63, 3.8) is 0 Å². The van der Waals surface area contributed by atoms with E-state index in [-0.39, 0.29) is 0 Å². The molecule has 0 saturated heterocycles. The zero-order valence-electron chi connectivity index (χ0n) is 8.48. The number of hydrogen-bond donors (Lipinski definition) is 0. The first-order chi connectivity index (χ1) is 7.81. The molecule has 0 aliphatic rings. The molecule has 16 heavy (non-hydrogen) atoms. The van der Waals surface area contributed by atoms with Crippen LogP contribution in [-0.4, -0.2) is 5.94 Å². The van der Waals surface area contributed by atoms with Crippen LogP contribution < -0.4 is 0 Å². The lowest BCUT2D eigenvalue weighted by Gasteiger charge is -2.03. The normalized spacial score (nSPS) is 9.56. The van der Waals surface area contributed by atoms with E-state index in [1.807, 2.05) is 60.5 Å². The van der Waals surface area contributed by atoms with Gasteiger partial charge in [0.05, 0.1) is 5.57 Å². The quantitative estimate of drug-likeness (QED) is 0.762. The Kier molecular flexibility index (Phi) is 3.35. The first-order valence-corrected chi connectivity index (χ1v) is 5.67. The number of carbonyl (C=O) groups excluding carboxylic acids is 1. The Morgan fingerprint density at radius 3 is 2.00 bits per heavy atom. The standard InChI is InChI=1S/C14H9BrO/c15-13-8-6-12(7-9-13)14(10-16)11-4-2-1-3-5-11/h1-9H. The van der Waals surface area contributed by atoms with Gasteiger partial charge in [-0.2, -0.15) is 0 Å². The summed E-state index contributed by atoms with van der Waals surface area (Å²) >= 11 is 3.36. The second-order valence-corrected chi connectivity index (χ2v) is 4.27. The maximum Gasteiger partial charge on any atom is 0.133 e. The van der Waals surface area contributed by atoms with Gasteiger partial charge in [-0.1, -0.05) is 58.4 Å². The van der Waals surface area contributed by atoms with Gasteiger partial charge in [0.15, 0.2) is 0 Å². The molecular formula is C14H9BrO. The van der Waals surface area contributed by atoms with Gasteiger partial charge in [-0.15, -0.1) is 0 Å². The molecule has 0 heterocycles. The van der Waals surface area contributed by atoms with E-state index in [4.69, 9.17) is 0 Å². The lowest BCUT2D eigenvalue weighted by atomic mass is 10.00. The van der Waals surface area contributed by atoms with Crippen LogP contribution in [0.1, 0.15) is 11.1 Å². The third-order valence-electron chi connectivity index (χ3n) is 2.30. The Morgan fingerprint density at radius 2 is 1.44 bits per heavy atom.